The minimum Gasteiger partial charge on any atom is -0.313 e. The van der Waals surface area contributed by atoms with Crippen LogP contribution in [0, 0.1) is 0 Å². The Hall–Kier alpha value is -1.67. The van der Waals surface area contributed by atoms with Gasteiger partial charge in [-0.2, -0.15) is 0 Å². The Labute approximate surface area is 103 Å². The van der Waals surface area contributed by atoms with E-state index in [-0.39, 0.29) is 0 Å². The summed E-state index contributed by atoms with van der Waals surface area (Å²) in [6.07, 6.45) is 4.87. The van der Waals surface area contributed by atoms with Crippen molar-refractivity contribution < 1.29 is 0 Å². The minimum atomic E-state index is 0.932. The molecule has 2 heteroatoms. The molecule has 2 nitrogen and oxygen atoms in total. The monoisotopic (exact) mass is 226 g/mol. The molecule has 0 spiro atoms. The lowest BCUT2D eigenvalue weighted by Crippen LogP contribution is -2.13. The molecule has 0 atom stereocenters. The van der Waals surface area contributed by atoms with Gasteiger partial charge in [0.1, 0.15) is 0 Å². The van der Waals surface area contributed by atoms with Crippen LogP contribution < -0.4 is 5.32 Å². The molecule has 0 bridgehead atoms. The van der Waals surface area contributed by atoms with Gasteiger partial charge in [0.05, 0.1) is 0 Å². The van der Waals surface area contributed by atoms with Gasteiger partial charge in [-0.05, 0) is 41.8 Å². The van der Waals surface area contributed by atoms with Gasteiger partial charge in [0, 0.05) is 18.9 Å². The summed E-state index contributed by atoms with van der Waals surface area (Å²) < 4.78 is 0. The number of hydrogen-bond donors (Lipinski definition) is 1. The van der Waals surface area contributed by atoms with Crippen molar-refractivity contribution in [3.05, 3.63) is 54.4 Å². The van der Waals surface area contributed by atoms with Crippen LogP contribution in [-0.2, 0) is 6.54 Å². The van der Waals surface area contributed by atoms with E-state index < -0.39 is 0 Å². The second kappa shape index (κ2) is 6.16. The zero-order valence-electron chi connectivity index (χ0n) is 10.2. The van der Waals surface area contributed by atoms with Crippen molar-refractivity contribution in [2.24, 2.45) is 0 Å². The maximum atomic E-state index is 4.15. The Morgan fingerprint density at radius 3 is 2.76 bits per heavy atom. The van der Waals surface area contributed by atoms with E-state index in [1.165, 1.54) is 23.1 Å². The van der Waals surface area contributed by atoms with Crippen LogP contribution in [0.4, 0.5) is 0 Å². The third-order valence-electron chi connectivity index (χ3n) is 2.68. The van der Waals surface area contributed by atoms with Crippen LogP contribution in [0.1, 0.15) is 18.9 Å². The molecule has 1 aromatic heterocycles. The van der Waals surface area contributed by atoms with Crippen LogP contribution in [0.15, 0.2) is 48.8 Å². The highest BCUT2D eigenvalue weighted by atomic mass is 14.8. The second-order valence-corrected chi connectivity index (χ2v) is 4.12. The summed E-state index contributed by atoms with van der Waals surface area (Å²) in [5.41, 5.74) is 3.72. The molecule has 2 rings (SSSR count). The summed E-state index contributed by atoms with van der Waals surface area (Å²) >= 11 is 0. The number of nitrogens with one attached hydrogen (secondary N) is 1. The Bertz CT molecular complexity index is 451. The highest BCUT2D eigenvalue weighted by Gasteiger charge is 1.98. The third-order valence-corrected chi connectivity index (χ3v) is 2.68. The zero-order valence-corrected chi connectivity index (χ0v) is 10.2. The number of rotatable bonds is 5. The van der Waals surface area contributed by atoms with Gasteiger partial charge in [0.25, 0.3) is 0 Å². The molecule has 0 fully saturated rings. The average Bonchev–Trinajstić information content (AvgIpc) is 2.41. The van der Waals surface area contributed by atoms with E-state index in [9.17, 15) is 0 Å². The van der Waals surface area contributed by atoms with E-state index in [2.05, 4.69) is 47.6 Å². The van der Waals surface area contributed by atoms with Gasteiger partial charge in [-0.25, -0.2) is 0 Å². The predicted molar refractivity (Wildman–Crippen MR) is 71.7 cm³/mol. The summed E-state index contributed by atoms with van der Waals surface area (Å²) in [5.74, 6) is 0. The molecule has 1 heterocycles. The lowest BCUT2D eigenvalue weighted by Gasteiger charge is -2.06. The maximum Gasteiger partial charge on any atom is 0.0346 e. The molecule has 0 radical (unpaired) electrons. The fourth-order valence-corrected chi connectivity index (χ4v) is 1.80. The fourth-order valence-electron chi connectivity index (χ4n) is 1.80. The van der Waals surface area contributed by atoms with Crippen molar-refractivity contribution in [2.45, 2.75) is 19.9 Å². The molecule has 0 aliphatic carbocycles. The Morgan fingerprint density at radius 2 is 2.00 bits per heavy atom. The maximum absolute atomic E-state index is 4.15. The molecule has 2 aromatic rings. The largest absolute Gasteiger partial charge is 0.313 e. The molecule has 0 saturated heterocycles. The number of nitrogens with zero attached hydrogens (tertiary/aromatic N) is 1. The zero-order chi connectivity index (χ0) is 11.9. The molecular formula is C15H18N2. The molecule has 1 N–H and O–H groups in total. The first-order valence-electron chi connectivity index (χ1n) is 6.10. The third kappa shape index (κ3) is 3.40. The Balaban J connectivity index is 2.12. The van der Waals surface area contributed by atoms with Crippen molar-refractivity contribution in [1.82, 2.24) is 10.3 Å². The van der Waals surface area contributed by atoms with E-state index in [4.69, 9.17) is 0 Å². The van der Waals surface area contributed by atoms with Gasteiger partial charge in [-0.15, -0.1) is 0 Å². The molecule has 0 aliphatic heterocycles. The topological polar surface area (TPSA) is 24.9 Å². The van der Waals surface area contributed by atoms with E-state index in [0.717, 1.165) is 13.1 Å². The molecule has 17 heavy (non-hydrogen) atoms. The highest BCUT2D eigenvalue weighted by Crippen LogP contribution is 2.18. The SMILES string of the molecule is CCCNCc1cccc(-c2cccnc2)c1. The van der Waals surface area contributed by atoms with Crippen LogP contribution in [0.2, 0.25) is 0 Å². The summed E-state index contributed by atoms with van der Waals surface area (Å²) in [4.78, 5) is 4.15. The average molecular weight is 226 g/mol. The summed E-state index contributed by atoms with van der Waals surface area (Å²) in [6, 6.07) is 12.7. The number of aromatic nitrogens is 1. The van der Waals surface area contributed by atoms with Gasteiger partial charge >= 0.3 is 0 Å². The van der Waals surface area contributed by atoms with Crippen molar-refractivity contribution >= 4 is 0 Å². The highest BCUT2D eigenvalue weighted by molar-refractivity contribution is 5.62. The number of hydrogen-bond acceptors (Lipinski definition) is 2. The molecule has 1 aromatic carbocycles. The lowest BCUT2D eigenvalue weighted by molar-refractivity contribution is 0.675. The first kappa shape index (κ1) is 11.8. The van der Waals surface area contributed by atoms with Crippen molar-refractivity contribution in [2.75, 3.05) is 6.54 Å². The molecule has 0 saturated carbocycles. The Morgan fingerprint density at radius 1 is 1.12 bits per heavy atom. The second-order valence-electron chi connectivity index (χ2n) is 4.12. The molecule has 88 valence electrons. The van der Waals surface area contributed by atoms with E-state index >= 15 is 0 Å². The van der Waals surface area contributed by atoms with Gasteiger partial charge < -0.3 is 5.32 Å². The van der Waals surface area contributed by atoms with Crippen LogP contribution in [0.5, 0.6) is 0 Å². The quantitative estimate of drug-likeness (QED) is 0.792. The van der Waals surface area contributed by atoms with Gasteiger partial charge in [-0.3, -0.25) is 4.98 Å². The van der Waals surface area contributed by atoms with E-state index in [0.29, 0.717) is 0 Å². The van der Waals surface area contributed by atoms with Gasteiger partial charge in [0.2, 0.25) is 0 Å². The normalized spacial score (nSPS) is 10.4. The van der Waals surface area contributed by atoms with Crippen LogP contribution in [-0.4, -0.2) is 11.5 Å². The number of pyridine rings is 1. The first-order valence-corrected chi connectivity index (χ1v) is 6.10. The van der Waals surface area contributed by atoms with Crippen LogP contribution in [0.3, 0.4) is 0 Å². The van der Waals surface area contributed by atoms with Gasteiger partial charge in [-0.1, -0.05) is 31.2 Å². The molecule has 0 aliphatic rings. The first-order chi connectivity index (χ1) is 8.40. The fraction of sp³-hybridized carbons (Fsp3) is 0.267. The summed E-state index contributed by atoms with van der Waals surface area (Å²) in [5, 5.41) is 3.41. The lowest BCUT2D eigenvalue weighted by atomic mass is 10.0. The van der Waals surface area contributed by atoms with Crippen LogP contribution in [0.25, 0.3) is 11.1 Å². The number of benzene rings is 1. The van der Waals surface area contributed by atoms with E-state index in [1.54, 1.807) is 6.20 Å². The molecule has 0 unspecified atom stereocenters. The summed E-state index contributed by atoms with van der Waals surface area (Å²) in [7, 11) is 0. The Kier molecular flexibility index (Phi) is 4.28. The van der Waals surface area contributed by atoms with Crippen molar-refractivity contribution in [3.8, 4) is 11.1 Å². The molecular weight excluding hydrogens is 208 g/mol. The van der Waals surface area contributed by atoms with Crippen molar-refractivity contribution in [1.29, 1.82) is 0 Å². The van der Waals surface area contributed by atoms with Crippen molar-refractivity contribution in [3.63, 3.8) is 0 Å². The predicted octanol–water partition coefficient (Wildman–Crippen LogP) is 3.25. The standard InChI is InChI=1S/C15H18N2/c1-2-8-16-11-13-5-3-6-14(10-13)15-7-4-9-17-12-15/h3-7,9-10,12,16H,2,8,11H2,1H3. The van der Waals surface area contributed by atoms with E-state index in [1.807, 2.05) is 12.3 Å². The smallest absolute Gasteiger partial charge is 0.0346 e. The summed E-state index contributed by atoms with van der Waals surface area (Å²) in [6.45, 7) is 4.18. The van der Waals surface area contributed by atoms with Crippen LogP contribution >= 0.6 is 0 Å². The van der Waals surface area contributed by atoms with Gasteiger partial charge in [0.15, 0.2) is 0 Å². The molecule has 0 amide bonds. The minimum absolute atomic E-state index is 0.932.